The van der Waals surface area contributed by atoms with Crippen molar-refractivity contribution in [3.05, 3.63) is 0 Å². The zero-order chi connectivity index (χ0) is 11.6. The highest BCUT2D eigenvalue weighted by atomic mass is 16.4. The monoisotopic (exact) mass is 214 g/mol. The van der Waals surface area contributed by atoms with Crippen LogP contribution in [0.15, 0.2) is 0 Å². The summed E-state index contributed by atoms with van der Waals surface area (Å²) in [6, 6.07) is 0.0753. The summed E-state index contributed by atoms with van der Waals surface area (Å²) in [4.78, 5) is 23.6. The van der Waals surface area contributed by atoms with Gasteiger partial charge in [-0.05, 0) is 5.41 Å². The van der Waals surface area contributed by atoms with Gasteiger partial charge in [0.1, 0.15) is 0 Å². The Morgan fingerprint density at radius 3 is 2.67 bits per heavy atom. The first-order valence-corrected chi connectivity index (χ1v) is 5.03. The molecule has 86 valence electrons. The number of nitrogens with one attached hydrogen (secondary N) is 1. The SMILES string of the molecule is CC(C)(C)C1CNC(=O)CN1CC(=O)O. The van der Waals surface area contributed by atoms with Crippen LogP contribution in [-0.2, 0) is 9.59 Å². The minimum atomic E-state index is -0.890. The van der Waals surface area contributed by atoms with Crippen LogP contribution >= 0.6 is 0 Å². The Labute approximate surface area is 89.4 Å². The van der Waals surface area contributed by atoms with E-state index in [4.69, 9.17) is 5.11 Å². The molecule has 0 bridgehead atoms. The Morgan fingerprint density at radius 1 is 1.60 bits per heavy atom. The summed E-state index contributed by atoms with van der Waals surface area (Å²) in [7, 11) is 0. The van der Waals surface area contributed by atoms with Gasteiger partial charge in [0.05, 0.1) is 13.1 Å². The summed E-state index contributed by atoms with van der Waals surface area (Å²) in [6.07, 6.45) is 0. The molecule has 1 fully saturated rings. The molecule has 0 saturated carbocycles. The zero-order valence-corrected chi connectivity index (χ0v) is 9.41. The quantitative estimate of drug-likeness (QED) is 0.674. The van der Waals surface area contributed by atoms with Crippen molar-refractivity contribution >= 4 is 11.9 Å². The van der Waals surface area contributed by atoms with E-state index in [1.54, 1.807) is 4.90 Å². The van der Waals surface area contributed by atoms with Crippen molar-refractivity contribution in [1.29, 1.82) is 0 Å². The summed E-state index contributed by atoms with van der Waals surface area (Å²) >= 11 is 0. The number of hydrogen-bond donors (Lipinski definition) is 2. The highest BCUT2D eigenvalue weighted by molar-refractivity contribution is 5.80. The van der Waals surface area contributed by atoms with E-state index in [-0.39, 0.29) is 30.5 Å². The van der Waals surface area contributed by atoms with Crippen molar-refractivity contribution in [1.82, 2.24) is 10.2 Å². The number of rotatable bonds is 2. The summed E-state index contributed by atoms with van der Waals surface area (Å²) in [5.74, 6) is -0.990. The van der Waals surface area contributed by atoms with Crippen LogP contribution in [0.3, 0.4) is 0 Å². The Balaban J connectivity index is 2.75. The summed E-state index contributed by atoms with van der Waals surface area (Å²) < 4.78 is 0. The van der Waals surface area contributed by atoms with E-state index in [9.17, 15) is 9.59 Å². The van der Waals surface area contributed by atoms with Crippen molar-refractivity contribution in [2.24, 2.45) is 5.41 Å². The van der Waals surface area contributed by atoms with Gasteiger partial charge in [0.2, 0.25) is 5.91 Å². The number of carbonyl (C=O) groups excluding carboxylic acids is 1. The smallest absolute Gasteiger partial charge is 0.317 e. The average molecular weight is 214 g/mol. The number of nitrogens with zero attached hydrogens (tertiary/aromatic N) is 1. The second-order valence-corrected chi connectivity index (χ2v) is 4.98. The molecule has 1 aliphatic rings. The maximum absolute atomic E-state index is 11.2. The molecule has 15 heavy (non-hydrogen) atoms. The first-order valence-electron chi connectivity index (χ1n) is 5.03. The van der Waals surface area contributed by atoms with Crippen molar-refractivity contribution in [2.45, 2.75) is 26.8 Å². The number of hydrogen-bond acceptors (Lipinski definition) is 3. The van der Waals surface area contributed by atoms with E-state index in [0.717, 1.165) is 0 Å². The van der Waals surface area contributed by atoms with Gasteiger partial charge in [-0.25, -0.2) is 0 Å². The highest BCUT2D eigenvalue weighted by Gasteiger charge is 2.35. The molecule has 0 aliphatic carbocycles. The van der Waals surface area contributed by atoms with Crippen molar-refractivity contribution in [3.8, 4) is 0 Å². The molecule has 0 aromatic rings. The first kappa shape index (κ1) is 12.0. The highest BCUT2D eigenvalue weighted by Crippen LogP contribution is 2.25. The van der Waals surface area contributed by atoms with E-state index < -0.39 is 5.97 Å². The predicted molar refractivity (Wildman–Crippen MR) is 55.5 cm³/mol. The van der Waals surface area contributed by atoms with E-state index in [1.165, 1.54) is 0 Å². The van der Waals surface area contributed by atoms with Gasteiger partial charge in [-0.1, -0.05) is 20.8 Å². The molecule has 1 saturated heterocycles. The van der Waals surface area contributed by atoms with Gasteiger partial charge in [-0.2, -0.15) is 0 Å². The number of amides is 1. The molecule has 5 nitrogen and oxygen atoms in total. The van der Waals surface area contributed by atoms with Crippen LogP contribution in [-0.4, -0.2) is 47.6 Å². The van der Waals surface area contributed by atoms with E-state index in [2.05, 4.69) is 5.32 Å². The number of carboxylic acid groups (broad SMARTS) is 1. The van der Waals surface area contributed by atoms with Crippen LogP contribution in [0.1, 0.15) is 20.8 Å². The Bertz CT molecular complexity index is 268. The van der Waals surface area contributed by atoms with E-state index in [1.807, 2.05) is 20.8 Å². The lowest BCUT2D eigenvalue weighted by Gasteiger charge is -2.42. The fourth-order valence-corrected chi connectivity index (χ4v) is 1.88. The maximum atomic E-state index is 11.2. The molecule has 1 rings (SSSR count). The van der Waals surface area contributed by atoms with Crippen LogP contribution in [0.4, 0.5) is 0 Å². The van der Waals surface area contributed by atoms with Crippen LogP contribution < -0.4 is 5.32 Å². The fraction of sp³-hybridized carbons (Fsp3) is 0.800. The molecule has 0 aromatic carbocycles. The Hall–Kier alpha value is -1.10. The molecular weight excluding hydrogens is 196 g/mol. The molecular formula is C10H18N2O3. The summed E-state index contributed by atoms with van der Waals surface area (Å²) in [6.45, 7) is 6.76. The summed E-state index contributed by atoms with van der Waals surface area (Å²) in [5, 5.41) is 11.5. The third-order valence-corrected chi connectivity index (χ3v) is 2.62. The normalized spacial score (nSPS) is 23.7. The molecule has 1 unspecified atom stereocenters. The minimum absolute atomic E-state index is 0.0385. The first-order chi connectivity index (χ1) is 6.80. The van der Waals surface area contributed by atoms with Crippen molar-refractivity contribution in [3.63, 3.8) is 0 Å². The molecule has 1 aliphatic heterocycles. The number of aliphatic carboxylic acids is 1. The van der Waals surface area contributed by atoms with Crippen LogP contribution in [0, 0.1) is 5.41 Å². The molecule has 0 spiro atoms. The largest absolute Gasteiger partial charge is 0.480 e. The molecule has 1 amide bonds. The minimum Gasteiger partial charge on any atom is -0.480 e. The lowest BCUT2D eigenvalue weighted by Crippen LogP contribution is -2.59. The van der Waals surface area contributed by atoms with Crippen molar-refractivity contribution in [2.75, 3.05) is 19.6 Å². The third kappa shape index (κ3) is 3.20. The van der Waals surface area contributed by atoms with Crippen LogP contribution in [0.25, 0.3) is 0 Å². The van der Waals surface area contributed by atoms with Gasteiger partial charge in [0, 0.05) is 12.6 Å². The van der Waals surface area contributed by atoms with Crippen LogP contribution in [0.2, 0.25) is 0 Å². The molecule has 0 radical (unpaired) electrons. The molecule has 1 atom stereocenters. The lowest BCUT2D eigenvalue weighted by molar-refractivity contribution is -0.141. The molecule has 5 heteroatoms. The standard InChI is InChI=1S/C10H18N2O3/c1-10(2,3)7-4-11-8(13)5-12(7)6-9(14)15/h7H,4-6H2,1-3H3,(H,11,13)(H,14,15). The second kappa shape index (κ2) is 4.18. The maximum Gasteiger partial charge on any atom is 0.317 e. The van der Waals surface area contributed by atoms with Gasteiger partial charge in [-0.3, -0.25) is 14.5 Å². The number of piperazine rings is 1. The number of carbonyl (C=O) groups is 2. The zero-order valence-electron chi connectivity index (χ0n) is 9.41. The third-order valence-electron chi connectivity index (χ3n) is 2.62. The van der Waals surface area contributed by atoms with Gasteiger partial charge < -0.3 is 10.4 Å². The average Bonchev–Trinajstić information content (AvgIpc) is 1.99. The topological polar surface area (TPSA) is 69.6 Å². The molecule has 1 heterocycles. The van der Waals surface area contributed by atoms with Gasteiger partial charge in [-0.15, -0.1) is 0 Å². The lowest BCUT2D eigenvalue weighted by atomic mass is 9.84. The van der Waals surface area contributed by atoms with Crippen molar-refractivity contribution < 1.29 is 14.7 Å². The van der Waals surface area contributed by atoms with E-state index >= 15 is 0 Å². The Morgan fingerprint density at radius 2 is 2.20 bits per heavy atom. The van der Waals surface area contributed by atoms with Gasteiger partial charge >= 0.3 is 5.97 Å². The van der Waals surface area contributed by atoms with Gasteiger partial charge in [0.15, 0.2) is 0 Å². The predicted octanol–water partition coefficient (Wildman–Crippen LogP) is -0.0825. The molecule has 0 aromatic heterocycles. The second-order valence-electron chi connectivity index (χ2n) is 4.98. The number of carboxylic acids is 1. The summed E-state index contributed by atoms with van der Waals surface area (Å²) in [5.41, 5.74) is -0.0385. The Kier molecular flexibility index (Phi) is 3.34. The van der Waals surface area contributed by atoms with E-state index in [0.29, 0.717) is 6.54 Å². The molecule has 2 N–H and O–H groups in total. The van der Waals surface area contributed by atoms with Gasteiger partial charge in [0.25, 0.3) is 0 Å². The van der Waals surface area contributed by atoms with Crippen LogP contribution in [0.5, 0.6) is 0 Å². The fourth-order valence-electron chi connectivity index (χ4n) is 1.88.